The summed E-state index contributed by atoms with van der Waals surface area (Å²) < 4.78 is 32.6. The number of carbonyl (C=O) groups excluding carboxylic acids is 2. The van der Waals surface area contributed by atoms with E-state index in [9.17, 15) is 19.0 Å². The first-order valence-electron chi connectivity index (χ1n) is 25.4. The second kappa shape index (κ2) is 48.9. The van der Waals surface area contributed by atoms with Gasteiger partial charge in [-0.05, 0) is 64.2 Å². The van der Waals surface area contributed by atoms with Crippen LogP contribution in [0.1, 0.15) is 219 Å². The van der Waals surface area contributed by atoms with Gasteiger partial charge >= 0.3 is 19.8 Å². The molecule has 364 valence electrons. The molecule has 0 aliphatic rings. The predicted octanol–water partition coefficient (Wildman–Crippen LogP) is 15.4. The van der Waals surface area contributed by atoms with Crippen LogP contribution in [0.15, 0.2) is 72.9 Å². The molecule has 0 rings (SSSR count). The van der Waals surface area contributed by atoms with Gasteiger partial charge in [-0.2, -0.15) is 0 Å². The minimum Gasteiger partial charge on any atom is -0.462 e. The Hall–Kier alpha value is -2.55. The maximum atomic E-state index is 12.5. The Bertz CT molecular complexity index is 1260. The molecule has 0 bridgehead atoms. The van der Waals surface area contributed by atoms with E-state index in [0.29, 0.717) is 6.42 Å². The fourth-order valence-electron chi connectivity index (χ4n) is 6.87. The molecule has 0 amide bonds. The Morgan fingerprint density at radius 3 is 1.30 bits per heavy atom. The summed E-state index contributed by atoms with van der Waals surface area (Å²) >= 11 is 0. The molecule has 10 heteroatoms. The number of hydrogen-bond donors (Lipinski definition) is 2. The third-order valence-corrected chi connectivity index (χ3v) is 11.6. The number of ether oxygens (including phenoxy) is 2. The van der Waals surface area contributed by atoms with E-state index in [0.717, 1.165) is 89.9 Å². The van der Waals surface area contributed by atoms with Gasteiger partial charge in [-0.3, -0.25) is 18.6 Å². The zero-order chi connectivity index (χ0) is 46.0. The van der Waals surface area contributed by atoms with Crippen LogP contribution in [0.5, 0.6) is 0 Å². The molecule has 0 aliphatic carbocycles. The Morgan fingerprint density at radius 2 is 0.873 bits per heavy atom. The molecule has 9 nitrogen and oxygen atoms in total. The maximum Gasteiger partial charge on any atom is 0.472 e. The Kier molecular flexibility index (Phi) is 46.9. The van der Waals surface area contributed by atoms with Gasteiger partial charge in [0.15, 0.2) is 6.10 Å². The van der Waals surface area contributed by atoms with E-state index >= 15 is 0 Å². The van der Waals surface area contributed by atoms with Crippen molar-refractivity contribution >= 4 is 19.8 Å². The first kappa shape index (κ1) is 60.5. The first-order valence-corrected chi connectivity index (χ1v) is 26.9. The van der Waals surface area contributed by atoms with Crippen molar-refractivity contribution in [2.45, 2.75) is 225 Å². The van der Waals surface area contributed by atoms with Gasteiger partial charge in [0.05, 0.1) is 13.2 Å². The topological polar surface area (TPSA) is 134 Å². The molecule has 0 aromatic carbocycles. The minimum absolute atomic E-state index is 0.0531. The van der Waals surface area contributed by atoms with E-state index < -0.39 is 32.5 Å². The molecular weight excluding hydrogens is 810 g/mol. The zero-order valence-electron chi connectivity index (χ0n) is 40.3. The van der Waals surface area contributed by atoms with Crippen LogP contribution in [0, 0.1) is 0 Å². The number of hydrogen-bond acceptors (Lipinski definition) is 8. The fourth-order valence-corrected chi connectivity index (χ4v) is 7.64. The summed E-state index contributed by atoms with van der Waals surface area (Å²) in [5.74, 6) is -0.839. The Morgan fingerprint density at radius 1 is 0.492 bits per heavy atom. The van der Waals surface area contributed by atoms with Gasteiger partial charge in [0.25, 0.3) is 0 Å². The van der Waals surface area contributed by atoms with E-state index in [1.165, 1.54) is 96.3 Å². The molecule has 63 heavy (non-hydrogen) atoms. The molecule has 3 N–H and O–H groups in total. The average Bonchev–Trinajstić information content (AvgIpc) is 3.27. The van der Waals surface area contributed by atoms with E-state index in [1.54, 1.807) is 0 Å². The van der Waals surface area contributed by atoms with Crippen molar-refractivity contribution < 1.29 is 37.6 Å². The number of rotatable bonds is 47. The molecule has 0 aromatic heterocycles. The highest BCUT2D eigenvalue weighted by atomic mass is 31.2. The van der Waals surface area contributed by atoms with Crippen LogP contribution in [0.2, 0.25) is 0 Å². The van der Waals surface area contributed by atoms with Crippen LogP contribution in [-0.4, -0.2) is 49.3 Å². The monoisotopic (exact) mass is 904 g/mol. The second-order valence-corrected chi connectivity index (χ2v) is 18.1. The van der Waals surface area contributed by atoms with Crippen LogP contribution < -0.4 is 5.73 Å². The number of esters is 2. The van der Waals surface area contributed by atoms with Crippen LogP contribution in [-0.2, 0) is 32.7 Å². The predicted molar refractivity (Wildman–Crippen MR) is 266 cm³/mol. The summed E-state index contributed by atoms with van der Waals surface area (Å²) in [5, 5.41) is 0. The van der Waals surface area contributed by atoms with Crippen molar-refractivity contribution in [1.29, 1.82) is 0 Å². The molecule has 0 spiro atoms. The summed E-state index contributed by atoms with van der Waals surface area (Å²) in [4.78, 5) is 34.6. The van der Waals surface area contributed by atoms with Gasteiger partial charge in [0.1, 0.15) is 6.61 Å². The lowest BCUT2D eigenvalue weighted by Gasteiger charge is -2.19. The fraction of sp³-hybridized carbons (Fsp3) is 0.736. The minimum atomic E-state index is -4.37. The van der Waals surface area contributed by atoms with Crippen molar-refractivity contribution in [1.82, 2.24) is 0 Å². The molecule has 2 atom stereocenters. The van der Waals surface area contributed by atoms with E-state index in [1.807, 2.05) is 0 Å². The molecule has 0 radical (unpaired) electrons. The van der Waals surface area contributed by atoms with Crippen molar-refractivity contribution in [3.63, 3.8) is 0 Å². The molecule has 0 heterocycles. The number of phosphoric ester groups is 1. The normalized spacial score (nSPS) is 13.8. The zero-order valence-corrected chi connectivity index (χ0v) is 41.2. The maximum absolute atomic E-state index is 12.5. The number of allylic oxidation sites excluding steroid dienone is 12. The number of unbranched alkanes of at least 4 members (excludes halogenated alkanes) is 22. The van der Waals surface area contributed by atoms with Gasteiger partial charge < -0.3 is 20.1 Å². The van der Waals surface area contributed by atoms with Crippen molar-refractivity contribution in [3.8, 4) is 0 Å². The van der Waals surface area contributed by atoms with Crippen LogP contribution in [0.25, 0.3) is 0 Å². The van der Waals surface area contributed by atoms with Gasteiger partial charge in [-0.1, -0.05) is 215 Å². The highest BCUT2D eigenvalue weighted by molar-refractivity contribution is 7.47. The summed E-state index contributed by atoms with van der Waals surface area (Å²) in [6, 6.07) is 0. The standard InChI is InChI=1S/C53H94NO8P/c1-3-5-7-9-10-11-12-13-14-15-16-17-18-19-20-21-22-23-24-25-26-27-28-29-30-31-32-33-34-35-36-37-38-39-40-42-44-46-53(56)62-51(50-61-63(57,58)60-48-47-54)49-59-52(55)45-43-41-8-6-4-2/h5,7,10-11,13-14,16-17,19-20,22-23,51H,3-4,6,8-9,12,15,18,21,24-50,54H2,1-2H3,(H,57,58)/b7-5-,11-10-,14-13-,17-16-,20-19-,23-22-. The molecule has 0 saturated carbocycles. The lowest BCUT2D eigenvalue weighted by atomic mass is 10.0. The largest absolute Gasteiger partial charge is 0.472 e. The van der Waals surface area contributed by atoms with E-state index in [2.05, 4.69) is 86.8 Å². The van der Waals surface area contributed by atoms with E-state index in [-0.39, 0.29) is 32.6 Å². The number of phosphoric acid groups is 1. The Balaban J connectivity index is 3.72. The van der Waals surface area contributed by atoms with Crippen molar-refractivity contribution in [2.75, 3.05) is 26.4 Å². The summed E-state index contributed by atoms with van der Waals surface area (Å²) in [6.07, 6.45) is 61.7. The van der Waals surface area contributed by atoms with Crippen molar-refractivity contribution in [3.05, 3.63) is 72.9 Å². The lowest BCUT2D eigenvalue weighted by Crippen LogP contribution is -2.29. The van der Waals surface area contributed by atoms with Gasteiger partial charge in [0, 0.05) is 19.4 Å². The third-order valence-electron chi connectivity index (χ3n) is 10.6. The molecule has 2 unspecified atom stereocenters. The van der Waals surface area contributed by atoms with Crippen LogP contribution in [0.4, 0.5) is 0 Å². The summed E-state index contributed by atoms with van der Waals surface area (Å²) in [5.41, 5.74) is 5.33. The third kappa shape index (κ3) is 48.7. The highest BCUT2D eigenvalue weighted by Crippen LogP contribution is 2.43. The van der Waals surface area contributed by atoms with Crippen LogP contribution >= 0.6 is 7.82 Å². The lowest BCUT2D eigenvalue weighted by molar-refractivity contribution is -0.161. The first-order chi connectivity index (χ1) is 30.8. The van der Waals surface area contributed by atoms with Gasteiger partial charge in [-0.15, -0.1) is 0 Å². The molecule has 0 aliphatic heterocycles. The van der Waals surface area contributed by atoms with Crippen molar-refractivity contribution in [2.24, 2.45) is 5.73 Å². The quantitative estimate of drug-likeness (QED) is 0.0265. The SMILES string of the molecule is CC/C=C\C/C=C\C/C=C\C/C=C\C/C=C\C/C=C\CCCCCCCCCCCCCCCCCCCCC(=O)OC(COC(=O)CCCCCCC)COP(=O)(O)OCCN. The smallest absolute Gasteiger partial charge is 0.462 e. The summed E-state index contributed by atoms with van der Waals surface area (Å²) in [7, 11) is -4.37. The van der Waals surface area contributed by atoms with Gasteiger partial charge in [0.2, 0.25) is 0 Å². The Labute approximate surface area is 386 Å². The average molecular weight is 904 g/mol. The number of nitrogens with two attached hydrogens (primary N) is 1. The van der Waals surface area contributed by atoms with E-state index in [4.69, 9.17) is 24.3 Å². The summed E-state index contributed by atoms with van der Waals surface area (Å²) in [6.45, 7) is 3.52. The second-order valence-electron chi connectivity index (χ2n) is 16.7. The molecule has 0 saturated heterocycles. The molecular formula is C53H94NO8P. The van der Waals surface area contributed by atoms with Gasteiger partial charge in [-0.25, -0.2) is 4.57 Å². The van der Waals surface area contributed by atoms with Crippen LogP contribution in [0.3, 0.4) is 0 Å². The molecule has 0 aromatic rings. The number of carbonyl (C=O) groups is 2. The highest BCUT2D eigenvalue weighted by Gasteiger charge is 2.26. The molecule has 0 fully saturated rings.